The van der Waals surface area contributed by atoms with Gasteiger partial charge in [-0.25, -0.2) is 19.9 Å². The Labute approximate surface area is 293 Å². The lowest BCUT2D eigenvalue weighted by Crippen LogP contribution is -2.15. The van der Waals surface area contributed by atoms with E-state index in [9.17, 15) is 0 Å². The van der Waals surface area contributed by atoms with Crippen molar-refractivity contribution in [1.82, 2.24) is 19.9 Å². The number of nitrogens with zero attached hydrogens (tertiary/aromatic N) is 5. The van der Waals surface area contributed by atoms with Crippen LogP contribution in [-0.4, -0.2) is 19.9 Å². The number of allylic oxidation sites excluding steroid dienone is 4. The second-order valence-electron chi connectivity index (χ2n) is 12.7. The summed E-state index contributed by atoms with van der Waals surface area (Å²) in [5.41, 5.74) is 10.1. The van der Waals surface area contributed by atoms with Gasteiger partial charge in [0.2, 0.25) is 0 Å². The predicted molar refractivity (Wildman–Crippen MR) is 205 cm³/mol. The number of fused-ring (bicyclic) bond motifs is 5. The van der Waals surface area contributed by atoms with Gasteiger partial charge >= 0.3 is 0 Å². The largest absolute Gasteiger partial charge is 0.313 e. The maximum absolute atomic E-state index is 5.09. The summed E-state index contributed by atoms with van der Waals surface area (Å²) in [6.45, 7) is 0. The average molecular weight is 660 g/mol. The molecule has 10 rings (SSSR count). The van der Waals surface area contributed by atoms with Crippen LogP contribution in [0.3, 0.4) is 0 Å². The summed E-state index contributed by atoms with van der Waals surface area (Å²) in [6.07, 6.45) is 7.73. The van der Waals surface area contributed by atoms with E-state index >= 15 is 0 Å². The summed E-state index contributed by atoms with van der Waals surface area (Å²) in [7, 11) is 0. The van der Waals surface area contributed by atoms with Gasteiger partial charge in [-0.3, -0.25) is 0 Å². The molecule has 8 aromatic rings. The second-order valence-corrected chi connectivity index (χ2v) is 13.7. The van der Waals surface area contributed by atoms with Crippen molar-refractivity contribution in [2.24, 2.45) is 0 Å². The highest BCUT2D eigenvalue weighted by atomic mass is 32.1. The molecule has 0 saturated heterocycles. The van der Waals surface area contributed by atoms with Gasteiger partial charge in [-0.2, -0.15) is 0 Å². The quantitative estimate of drug-likeness (QED) is 0.184. The SMILES string of the molecule is C1=CC[C@@H]2C(=C1)N(c1ccc3cc(-c4nc(-c5ccccc5)nc(-c5ccccc5)n4)ccc3c1)c1c(-c3nc4ccccc4s3)cccc12. The number of rotatable bonds is 5. The molecule has 0 radical (unpaired) electrons. The second kappa shape index (κ2) is 11.7. The van der Waals surface area contributed by atoms with Crippen molar-refractivity contribution in [2.75, 3.05) is 4.90 Å². The van der Waals surface area contributed by atoms with Crippen LogP contribution >= 0.6 is 11.3 Å². The summed E-state index contributed by atoms with van der Waals surface area (Å²) in [6, 6.07) is 48.6. The summed E-state index contributed by atoms with van der Waals surface area (Å²) in [5.74, 6) is 2.28. The maximum Gasteiger partial charge on any atom is 0.164 e. The lowest BCUT2D eigenvalue weighted by molar-refractivity contribution is 0.820. The lowest BCUT2D eigenvalue weighted by Gasteiger charge is -2.26. The molecule has 6 aromatic carbocycles. The van der Waals surface area contributed by atoms with Crippen molar-refractivity contribution in [1.29, 1.82) is 0 Å². The first-order chi connectivity index (χ1) is 24.8. The van der Waals surface area contributed by atoms with E-state index in [0.717, 1.165) is 50.1 Å². The normalized spacial score (nSPS) is 14.9. The Kier molecular flexibility index (Phi) is 6.74. The molecule has 0 N–H and O–H groups in total. The van der Waals surface area contributed by atoms with Crippen molar-refractivity contribution in [2.45, 2.75) is 12.3 Å². The van der Waals surface area contributed by atoms with Crippen LogP contribution in [0.15, 0.2) is 163 Å². The summed E-state index contributed by atoms with van der Waals surface area (Å²) in [5, 5.41) is 3.33. The van der Waals surface area contributed by atoms with Crippen LogP contribution in [0.1, 0.15) is 17.9 Å². The van der Waals surface area contributed by atoms with Gasteiger partial charge in [-0.15, -0.1) is 11.3 Å². The molecule has 50 heavy (non-hydrogen) atoms. The molecule has 236 valence electrons. The molecule has 0 spiro atoms. The van der Waals surface area contributed by atoms with Crippen LogP contribution in [0, 0.1) is 0 Å². The number of anilines is 2. The zero-order chi connectivity index (χ0) is 33.0. The van der Waals surface area contributed by atoms with E-state index in [2.05, 4.69) is 102 Å². The van der Waals surface area contributed by atoms with E-state index in [1.165, 1.54) is 27.2 Å². The third-order valence-electron chi connectivity index (χ3n) is 9.62. The summed E-state index contributed by atoms with van der Waals surface area (Å²) in [4.78, 5) is 22.3. The van der Waals surface area contributed by atoms with Gasteiger partial charge in [0.25, 0.3) is 0 Å². The highest BCUT2D eigenvalue weighted by molar-refractivity contribution is 7.21. The highest BCUT2D eigenvalue weighted by Gasteiger charge is 2.37. The van der Waals surface area contributed by atoms with Crippen molar-refractivity contribution >= 4 is 43.7 Å². The van der Waals surface area contributed by atoms with Gasteiger partial charge in [0.05, 0.1) is 15.9 Å². The van der Waals surface area contributed by atoms with E-state index in [-0.39, 0.29) is 0 Å². The fourth-order valence-corrected chi connectivity index (χ4v) is 8.24. The minimum absolute atomic E-state index is 0.309. The first kappa shape index (κ1) is 28.7. The molecule has 1 aliphatic heterocycles. The minimum Gasteiger partial charge on any atom is -0.313 e. The third kappa shape index (κ3) is 4.84. The highest BCUT2D eigenvalue weighted by Crippen LogP contribution is 2.54. The molecular weight excluding hydrogens is 631 g/mol. The van der Waals surface area contributed by atoms with Crippen molar-refractivity contribution in [3.05, 3.63) is 169 Å². The van der Waals surface area contributed by atoms with Crippen LogP contribution < -0.4 is 4.90 Å². The summed E-state index contributed by atoms with van der Waals surface area (Å²) >= 11 is 1.76. The van der Waals surface area contributed by atoms with Gasteiger partial charge in [0.15, 0.2) is 17.5 Å². The first-order valence-electron chi connectivity index (χ1n) is 16.8. The van der Waals surface area contributed by atoms with Gasteiger partial charge < -0.3 is 4.90 Å². The molecule has 3 heterocycles. The van der Waals surface area contributed by atoms with Gasteiger partial charge in [0, 0.05) is 39.6 Å². The van der Waals surface area contributed by atoms with Crippen LogP contribution in [-0.2, 0) is 0 Å². The monoisotopic (exact) mass is 659 g/mol. The first-order valence-corrected chi connectivity index (χ1v) is 17.7. The number of hydrogen-bond donors (Lipinski definition) is 0. The Morgan fingerprint density at radius 3 is 2.02 bits per heavy atom. The smallest absolute Gasteiger partial charge is 0.164 e. The molecule has 2 aromatic heterocycles. The molecule has 0 bridgehead atoms. The molecule has 0 amide bonds. The fraction of sp³-hybridized carbons (Fsp3) is 0.0455. The Morgan fingerprint density at radius 1 is 0.580 bits per heavy atom. The van der Waals surface area contributed by atoms with Crippen LogP contribution in [0.25, 0.3) is 65.7 Å². The van der Waals surface area contributed by atoms with E-state index in [4.69, 9.17) is 19.9 Å². The molecule has 0 fully saturated rings. The van der Waals surface area contributed by atoms with Crippen LogP contribution in [0.2, 0.25) is 0 Å². The van der Waals surface area contributed by atoms with Gasteiger partial charge in [-0.05, 0) is 65.2 Å². The van der Waals surface area contributed by atoms with E-state index < -0.39 is 0 Å². The fourth-order valence-electron chi connectivity index (χ4n) is 7.24. The predicted octanol–water partition coefficient (Wildman–Crippen LogP) is 11.4. The zero-order valence-electron chi connectivity index (χ0n) is 26.9. The van der Waals surface area contributed by atoms with Crippen molar-refractivity contribution in [3.63, 3.8) is 0 Å². The van der Waals surface area contributed by atoms with Crippen LogP contribution in [0.5, 0.6) is 0 Å². The van der Waals surface area contributed by atoms with E-state index in [0.29, 0.717) is 23.4 Å². The number of aromatic nitrogens is 4. The summed E-state index contributed by atoms with van der Waals surface area (Å²) < 4.78 is 1.20. The lowest BCUT2D eigenvalue weighted by atomic mass is 9.91. The zero-order valence-corrected chi connectivity index (χ0v) is 27.8. The Hall–Kier alpha value is -6.24. The number of benzene rings is 6. The number of hydrogen-bond acceptors (Lipinski definition) is 6. The number of thiazole rings is 1. The molecule has 1 atom stereocenters. The van der Waals surface area contributed by atoms with Crippen molar-refractivity contribution in [3.8, 4) is 44.7 Å². The standard InChI is InChI=1S/C44H29N5S/c1-3-12-28(13-4-1)41-46-42(29-14-5-2-6-15-29)48-43(47-41)32-23-22-31-27-33(25-24-30(31)26-32)49-38-20-9-7-16-34(38)35-17-11-18-36(40(35)49)44-45-37-19-8-10-21-39(37)50-44/h1-15,17-27,34H,16H2/t34-/m0/s1. The topological polar surface area (TPSA) is 54.8 Å². The molecule has 0 saturated carbocycles. The minimum atomic E-state index is 0.309. The van der Waals surface area contributed by atoms with Gasteiger partial charge in [-0.1, -0.05) is 115 Å². The van der Waals surface area contributed by atoms with Crippen molar-refractivity contribution < 1.29 is 0 Å². The van der Waals surface area contributed by atoms with E-state index in [1.54, 1.807) is 11.3 Å². The van der Waals surface area contributed by atoms with Crippen LogP contribution in [0.4, 0.5) is 11.4 Å². The van der Waals surface area contributed by atoms with E-state index in [1.807, 2.05) is 60.7 Å². The molecule has 6 heteroatoms. The number of para-hydroxylation sites is 2. The molecule has 5 nitrogen and oxygen atoms in total. The Balaban J connectivity index is 1.08. The maximum atomic E-state index is 5.09. The Bertz CT molecular complexity index is 2550. The molecule has 0 unspecified atom stereocenters. The van der Waals surface area contributed by atoms with Gasteiger partial charge in [0.1, 0.15) is 5.01 Å². The Morgan fingerprint density at radius 2 is 1.26 bits per heavy atom. The molecular formula is C44H29N5S. The average Bonchev–Trinajstić information content (AvgIpc) is 3.78. The third-order valence-corrected chi connectivity index (χ3v) is 10.7. The molecule has 1 aliphatic carbocycles. The molecule has 2 aliphatic rings.